The quantitative estimate of drug-likeness (QED) is 0.351. The van der Waals surface area contributed by atoms with E-state index in [1.54, 1.807) is 47.1 Å². The van der Waals surface area contributed by atoms with Gasteiger partial charge in [0, 0.05) is 17.3 Å². The number of nitrogens with two attached hydrogens (primary N) is 1. The predicted molar refractivity (Wildman–Crippen MR) is 138 cm³/mol. The van der Waals surface area contributed by atoms with Crippen molar-refractivity contribution < 1.29 is 19.1 Å². The first-order valence-corrected chi connectivity index (χ1v) is 12.2. The zero-order valence-corrected chi connectivity index (χ0v) is 20.0. The summed E-state index contributed by atoms with van der Waals surface area (Å²) in [4.78, 5) is 43.5. The van der Waals surface area contributed by atoms with Crippen LogP contribution < -0.4 is 20.7 Å². The van der Waals surface area contributed by atoms with Crippen molar-refractivity contribution in [2.75, 3.05) is 10.2 Å². The van der Waals surface area contributed by atoms with E-state index in [2.05, 4.69) is 10.3 Å². The Hall–Kier alpha value is -4.66. The number of imidazole rings is 1. The van der Waals surface area contributed by atoms with Crippen LogP contribution in [0.5, 0.6) is 11.5 Å². The summed E-state index contributed by atoms with van der Waals surface area (Å²) in [5.74, 6) is 0.852. The standard InChI is InChI=1S/C28H25N5O4/c29-26(35)28(14-15-28)27(36)33(19-4-2-1-3-5-19)20-8-10-21(11-9-20)37-22-12-13-24-30-23(17-32(24)16-22)31-25(34)18-6-7-18/h1-5,8-13,16-18H,6-7,14-15H2,(H2,29,35)(H,31,34). The van der Waals surface area contributed by atoms with Gasteiger partial charge < -0.3 is 20.2 Å². The number of rotatable bonds is 8. The van der Waals surface area contributed by atoms with Crippen LogP contribution in [0, 0.1) is 11.3 Å². The SMILES string of the molecule is NC(=O)C1(C(=O)N(c2ccccc2)c2ccc(Oc3ccc4nc(NC(=O)C5CC5)cn4c3)cc2)CC1. The largest absolute Gasteiger partial charge is 0.456 e. The van der Waals surface area contributed by atoms with Gasteiger partial charge in [0.05, 0.1) is 12.4 Å². The molecule has 37 heavy (non-hydrogen) atoms. The van der Waals surface area contributed by atoms with E-state index in [-0.39, 0.29) is 17.7 Å². The molecule has 6 rings (SSSR count). The van der Waals surface area contributed by atoms with Crippen LogP contribution in [-0.2, 0) is 14.4 Å². The normalized spacial score (nSPS) is 15.7. The molecule has 2 aromatic carbocycles. The van der Waals surface area contributed by atoms with E-state index in [1.165, 1.54) is 4.90 Å². The Labute approximate surface area is 212 Å². The lowest BCUT2D eigenvalue weighted by Gasteiger charge is -2.26. The summed E-state index contributed by atoms with van der Waals surface area (Å²) in [6, 6.07) is 19.9. The third kappa shape index (κ3) is 4.40. The number of amides is 3. The highest BCUT2D eigenvalue weighted by atomic mass is 16.5. The van der Waals surface area contributed by atoms with Gasteiger partial charge >= 0.3 is 0 Å². The third-order valence-corrected chi connectivity index (χ3v) is 6.80. The average Bonchev–Trinajstić information content (AvgIpc) is 3.82. The van der Waals surface area contributed by atoms with Gasteiger partial charge in [-0.05, 0) is 74.2 Å². The highest BCUT2D eigenvalue weighted by Gasteiger charge is 2.57. The molecule has 0 radical (unpaired) electrons. The van der Waals surface area contributed by atoms with E-state index in [0.717, 1.165) is 12.8 Å². The molecule has 3 N–H and O–H groups in total. The zero-order valence-electron chi connectivity index (χ0n) is 20.0. The lowest BCUT2D eigenvalue weighted by atomic mass is 10.0. The number of hydrogen-bond donors (Lipinski definition) is 2. The second-order valence-electron chi connectivity index (χ2n) is 9.54. The van der Waals surface area contributed by atoms with Crippen LogP contribution in [0.3, 0.4) is 0 Å². The molecule has 4 aromatic rings. The molecule has 186 valence electrons. The summed E-state index contributed by atoms with van der Waals surface area (Å²) in [6.45, 7) is 0. The third-order valence-electron chi connectivity index (χ3n) is 6.80. The number of anilines is 3. The Kier molecular flexibility index (Phi) is 5.40. The molecule has 2 heterocycles. The molecule has 0 bridgehead atoms. The maximum absolute atomic E-state index is 13.4. The van der Waals surface area contributed by atoms with Crippen LogP contribution in [0.25, 0.3) is 5.65 Å². The molecule has 0 spiro atoms. The Bertz CT molecular complexity index is 1500. The van der Waals surface area contributed by atoms with Gasteiger partial charge in [0.1, 0.15) is 22.6 Å². The molecule has 3 amide bonds. The average molecular weight is 496 g/mol. The van der Waals surface area contributed by atoms with Crippen LogP contribution in [0.15, 0.2) is 79.1 Å². The van der Waals surface area contributed by atoms with Crippen LogP contribution in [0.4, 0.5) is 17.2 Å². The molecule has 2 fully saturated rings. The van der Waals surface area contributed by atoms with Crippen LogP contribution >= 0.6 is 0 Å². The van der Waals surface area contributed by atoms with E-state index in [0.29, 0.717) is 47.2 Å². The molecule has 2 aliphatic carbocycles. The van der Waals surface area contributed by atoms with Gasteiger partial charge in [0.15, 0.2) is 5.82 Å². The van der Waals surface area contributed by atoms with Gasteiger partial charge in [-0.25, -0.2) is 4.98 Å². The highest BCUT2D eigenvalue weighted by Crippen LogP contribution is 2.49. The number of hydrogen-bond acceptors (Lipinski definition) is 5. The topological polar surface area (TPSA) is 119 Å². The number of fused-ring (bicyclic) bond motifs is 1. The van der Waals surface area contributed by atoms with Crippen molar-refractivity contribution in [3.63, 3.8) is 0 Å². The van der Waals surface area contributed by atoms with Gasteiger partial charge in [0.25, 0.3) is 0 Å². The number of carbonyl (C=O) groups excluding carboxylic acids is 3. The van der Waals surface area contributed by atoms with E-state index in [1.807, 2.05) is 36.4 Å². The van der Waals surface area contributed by atoms with Crippen LogP contribution in [0.1, 0.15) is 25.7 Å². The van der Waals surface area contributed by atoms with Gasteiger partial charge in [-0.3, -0.25) is 19.3 Å². The molecule has 9 nitrogen and oxygen atoms in total. The lowest BCUT2D eigenvalue weighted by molar-refractivity contribution is -0.133. The number of pyridine rings is 1. The summed E-state index contributed by atoms with van der Waals surface area (Å²) in [7, 11) is 0. The number of carbonyl (C=O) groups is 3. The second-order valence-corrected chi connectivity index (χ2v) is 9.54. The van der Waals surface area contributed by atoms with Crippen molar-refractivity contribution >= 4 is 40.6 Å². The number of aromatic nitrogens is 2. The molecule has 0 saturated heterocycles. The van der Waals surface area contributed by atoms with Gasteiger partial charge in [0.2, 0.25) is 17.7 Å². The van der Waals surface area contributed by atoms with E-state index < -0.39 is 11.3 Å². The zero-order chi connectivity index (χ0) is 25.6. The smallest absolute Gasteiger partial charge is 0.247 e. The summed E-state index contributed by atoms with van der Waals surface area (Å²) in [5.41, 5.74) is 6.39. The van der Waals surface area contributed by atoms with Crippen molar-refractivity contribution in [2.45, 2.75) is 25.7 Å². The van der Waals surface area contributed by atoms with Crippen molar-refractivity contribution in [3.05, 3.63) is 79.1 Å². The van der Waals surface area contributed by atoms with Gasteiger partial charge in [-0.1, -0.05) is 18.2 Å². The Balaban J connectivity index is 1.22. The monoisotopic (exact) mass is 495 g/mol. The van der Waals surface area contributed by atoms with E-state index >= 15 is 0 Å². The highest BCUT2D eigenvalue weighted by molar-refractivity contribution is 6.16. The lowest BCUT2D eigenvalue weighted by Crippen LogP contribution is -2.41. The number of benzene rings is 2. The second kappa shape index (κ2) is 8.77. The fourth-order valence-electron chi connectivity index (χ4n) is 4.33. The molecule has 0 unspecified atom stereocenters. The summed E-state index contributed by atoms with van der Waals surface area (Å²) >= 11 is 0. The van der Waals surface area contributed by atoms with Crippen molar-refractivity contribution in [3.8, 4) is 11.5 Å². The number of nitrogens with zero attached hydrogens (tertiary/aromatic N) is 3. The summed E-state index contributed by atoms with van der Waals surface area (Å²) in [6.07, 6.45) is 6.30. The minimum Gasteiger partial charge on any atom is -0.456 e. The molecule has 2 aromatic heterocycles. The fourth-order valence-corrected chi connectivity index (χ4v) is 4.33. The molecule has 0 atom stereocenters. The Morgan fingerprint density at radius 3 is 2.24 bits per heavy atom. The van der Waals surface area contributed by atoms with Gasteiger partial charge in [-0.15, -0.1) is 0 Å². The van der Waals surface area contributed by atoms with Crippen molar-refractivity contribution in [2.24, 2.45) is 17.1 Å². The number of primary amides is 1. The van der Waals surface area contributed by atoms with Crippen LogP contribution in [0.2, 0.25) is 0 Å². The number of ether oxygens (including phenoxy) is 1. The van der Waals surface area contributed by atoms with Gasteiger partial charge in [-0.2, -0.15) is 0 Å². The van der Waals surface area contributed by atoms with E-state index in [4.69, 9.17) is 10.5 Å². The Morgan fingerprint density at radius 1 is 0.919 bits per heavy atom. The first kappa shape index (κ1) is 22.8. The summed E-state index contributed by atoms with van der Waals surface area (Å²) < 4.78 is 7.82. The summed E-state index contributed by atoms with van der Waals surface area (Å²) in [5, 5.41) is 2.85. The number of nitrogens with one attached hydrogen (secondary N) is 1. The molecule has 9 heteroatoms. The minimum absolute atomic E-state index is 0.00596. The predicted octanol–water partition coefficient (Wildman–Crippen LogP) is 4.41. The maximum Gasteiger partial charge on any atom is 0.247 e. The molecule has 2 aliphatic rings. The first-order valence-electron chi connectivity index (χ1n) is 12.2. The molecule has 2 saturated carbocycles. The maximum atomic E-state index is 13.4. The van der Waals surface area contributed by atoms with E-state index in [9.17, 15) is 14.4 Å². The van der Waals surface area contributed by atoms with Crippen molar-refractivity contribution in [1.29, 1.82) is 0 Å². The fraction of sp³-hybridized carbons (Fsp3) is 0.214. The Morgan fingerprint density at radius 2 is 1.59 bits per heavy atom. The molecule has 0 aliphatic heterocycles. The molecular weight excluding hydrogens is 470 g/mol. The van der Waals surface area contributed by atoms with Crippen molar-refractivity contribution in [1.82, 2.24) is 9.38 Å². The molecular formula is C28H25N5O4. The number of para-hydroxylation sites is 1. The first-order chi connectivity index (χ1) is 17.9. The van der Waals surface area contributed by atoms with Crippen LogP contribution in [-0.4, -0.2) is 27.1 Å². The minimum atomic E-state index is -1.15.